The first-order valence-corrected chi connectivity index (χ1v) is 9.04. The molecule has 144 valence electrons. The third-order valence-electron chi connectivity index (χ3n) is 4.60. The van der Waals surface area contributed by atoms with E-state index in [-0.39, 0.29) is 11.7 Å². The SMILES string of the molecule is Cc1ccc(-n2nccn2)c(C(=O)N2CCON(c3ccc(F)cc3)CC2)c1. The Morgan fingerprint density at radius 1 is 1.04 bits per heavy atom. The van der Waals surface area contributed by atoms with Gasteiger partial charge in [0.2, 0.25) is 0 Å². The number of anilines is 1. The van der Waals surface area contributed by atoms with E-state index in [4.69, 9.17) is 4.84 Å². The fourth-order valence-corrected chi connectivity index (χ4v) is 3.17. The van der Waals surface area contributed by atoms with Crippen LogP contribution in [-0.2, 0) is 4.84 Å². The molecule has 7 nitrogen and oxygen atoms in total. The van der Waals surface area contributed by atoms with Gasteiger partial charge in [-0.1, -0.05) is 11.6 Å². The zero-order valence-electron chi connectivity index (χ0n) is 15.5. The average molecular weight is 381 g/mol. The lowest BCUT2D eigenvalue weighted by molar-refractivity contribution is 0.0730. The molecular weight excluding hydrogens is 361 g/mol. The van der Waals surface area contributed by atoms with Crippen molar-refractivity contribution in [2.75, 3.05) is 31.3 Å². The first-order valence-electron chi connectivity index (χ1n) is 9.04. The standard InChI is InChI=1S/C20H20FN5O2/c1-15-2-7-19(26-22-8-9-23-26)18(14-15)20(27)24-10-11-25(28-13-12-24)17-5-3-16(21)4-6-17/h2-9,14H,10-13H2,1H3. The number of rotatable bonds is 3. The summed E-state index contributed by atoms with van der Waals surface area (Å²) in [4.78, 5) is 22.2. The molecule has 0 unspecified atom stereocenters. The number of hydrogen-bond donors (Lipinski definition) is 0. The van der Waals surface area contributed by atoms with E-state index in [0.717, 1.165) is 11.3 Å². The summed E-state index contributed by atoms with van der Waals surface area (Å²) in [6.07, 6.45) is 3.16. The molecular formula is C20H20FN5O2. The van der Waals surface area contributed by atoms with E-state index < -0.39 is 0 Å². The molecule has 0 radical (unpaired) electrons. The van der Waals surface area contributed by atoms with E-state index in [1.165, 1.54) is 16.9 Å². The van der Waals surface area contributed by atoms with Crippen LogP contribution in [0.4, 0.5) is 10.1 Å². The number of aryl methyl sites for hydroxylation is 1. The van der Waals surface area contributed by atoms with E-state index >= 15 is 0 Å². The molecule has 1 aliphatic heterocycles. The monoisotopic (exact) mass is 381 g/mol. The second kappa shape index (κ2) is 7.77. The van der Waals surface area contributed by atoms with Crippen LogP contribution in [0.25, 0.3) is 5.69 Å². The van der Waals surface area contributed by atoms with Crippen molar-refractivity contribution in [1.82, 2.24) is 19.9 Å². The number of benzene rings is 2. The fraction of sp³-hybridized carbons (Fsp3) is 0.250. The van der Waals surface area contributed by atoms with Gasteiger partial charge in [-0.15, -0.1) is 0 Å². The molecule has 2 heterocycles. The number of carbonyl (C=O) groups is 1. The molecule has 0 atom stereocenters. The highest BCUT2D eigenvalue weighted by atomic mass is 19.1. The van der Waals surface area contributed by atoms with E-state index in [1.54, 1.807) is 34.5 Å². The molecule has 28 heavy (non-hydrogen) atoms. The van der Waals surface area contributed by atoms with Crippen molar-refractivity contribution in [2.45, 2.75) is 6.92 Å². The normalized spacial score (nSPS) is 14.8. The first-order chi connectivity index (χ1) is 13.6. The lowest BCUT2D eigenvalue weighted by Gasteiger charge is -2.22. The average Bonchev–Trinajstić information content (AvgIpc) is 3.12. The van der Waals surface area contributed by atoms with Crippen LogP contribution in [0.3, 0.4) is 0 Å². The van der Waals surface area contributed by atoms with E-state index in [2.05, 4.69) is 10.2 Å². The summed E-state index contributed by atoms with van der Waals surface area (Å²) in [5.74, 6) is -0.393. The van der Waals surface area contributed by atoms with Crippen LogP contribution >= 0.6 is 0 Å². The van der Waals surface area contributed by atoms with Gasteiger partial charge in [0.05, 0.1) is 42.5 Å². The molecule has 8 heteroatoms. The van der Waals surface area contributed by atoms with Gasteiger partial charge in [0, 0.05) is 13.1 Å². The van der Waals surface area contributed by atoms with Gasteiger partial charge >= 0.3 is 0 Å². The lowest BCUT2D eigenvalue weighted by Crippen LogP contribution is -2.36. The van der Waals surface area contributed by atoms with Crippen molar-refractivity contribution in [1.29, 1.82) is 0 Å². The topological polar surface area (TPSA) is 63.5 Å². The number of hydroxylamine groups is 1. The molecule has 0 saturated carbocycles. The quantitative estimate of drug-likeness (QED) is 0.698. The maximum atomic E-state index is 13.2. The minimum Gasteiger partial charge on any atom is -0.334 e. The molecule has 1 amide bonds. The summed E-state index contributed by atoms with van der Waals surface area (Å²) in [5, 5.41) is 10.00. The number of amides is 1. The lowest BCUT2D eigenvalue weighted by atomic mass is 10.1. The van der Waals surface area contributed by atoms with Gasteiger partial charge in [0.1, 0.15) is 5.82 Å². The van der Waals surface area contributed by atoms with Crippen LogP contribution in [-0.4, -0.2) is 52.0 Å². The van der Waals surface area contributed by atoms with Crippen LogP contribution < -0.4 is 5.06 Å². The second-order valence-electron chi connectivity index (χ2n) is 6.54. The Hall–Kier alpha value is -3.26. The Labute approximate surface area is 161 Å². The molecule has 1 aliphatic rings. The Kier molecular flexibility index (Phi) is 5.03. The van der Waals surface area contributed by atoms with Crippen molar-refractivity contribution in [3.8, 4) is 5.69 Å². The van der Waals surface area contributed by atoms with Crippen molar-refractivity contribution in [3.05, 3.63) is 71.8 Å². The highest BCUT2D eigenvalue weighted by Crippen LogP contribution is 2.20. The van der Waals surface area contributed by atoms with E-state index in [9.17, 15) is 9.18 Å². The predicted octanol–water partition coefficient (Wildman–Crippen LogP) is 2.61. The van der Waals surface area contributed by atoms with Crippen LogP contribution in [0, 0.1) is 12.7 Å². The van der Waals surface area contributed by atoms with Gasteiger partial charge in [-0.05, 0) is 43.3 Å². The minimum absolute atomic E-state index is 0.0967. The Bertz CT molecular complexity index is 959. The van der Waals surface area contributed by atoms with Crippen molar-refractivity contribution in [3.63, 3.8) is 0 Å². The number of nitrogens with zero attached hydrogens (tertiary/aromatic N) is 5. The van der Waals surface area contributed by atoms with Crippen LogP contribution in [0.5, 0.6) is 0 Å². The highest BCUT2D eigenvalue weighted by molar-refractivity contribution is 5.98. The zero-order valence-corrected chi connectivity index (χ0v) is 15.5. The molecule has 0 N–H and O–H groups in total. The molecule has 3 aromatic rings. The minimum atomic E-state index is -0.297. The number of hydrogen-bond acceptors (Lipinski definition) is 5. The van der Waals surface area contributed by atoms with Crippen molar-refractivity contribution < 1.29 is 14.0 Å². The molecule has 4 rings (SSSR count). The summed E-state index contributed by atoms with van der Waals surface area (Å²) < 4.78 is 13.2. The van der Waals surface area contributed by atoms with Crippen LogP contribution in [0.1, 0.15) is 15.9 Å². The molecule has 1 saturated heterocycles. The third-order valence-corrected chi connectivity index (χ3v) is 4.60. The summed E-state index contributed by atoms with van der Waals surface area (Å²) in [7, 11) is 0. The Morgan fingerprint density at radius 2 is 1.79 bits per heavy atom. The molecule has 0 bridgehead atoms. The van der Waals surface area contributed by atoms with Gasteiger partial charge in [-0.2, -0.15) is 15.0 Å². The largest absolute Gasteiger partial charge is 0.334 e. The predicted molar refractivity (Wildman–Crippen MR) is 102 cm³/mol. The fourth-order valence-electron chi connectivity index (χ4n) is 3.17. The maximum Gasteiger partial charge on any atom is 0.256 e. The van der Waals surface area contributed by atoms with Gasteiger partial charge in [0.15, 0.2) is 0 Å². The van der Waals surface area contributed by atoms with Gasteiger partial charge in [-0.25, -0.2) is 4.39 Å². The van der Waals surface area contributed by atoms with Gasteiger partial charge in [-0.3, -0.25) is 14.7 Å². The van der Waals surface area contributed by atoms with Crippen LogP contribution in [0.2, 0.25) is 0 Å². The second-order valence-corrected chi connectivity index (χ2v) is 6.54. The molecule has 1 fully saturated rings. The van der Waals surface area contributed by atoms with Gasteiger partial charge in [0.25, 0.3) is 5.91 Å². The van der Waals surface area contributed by atoms with Crippen molar-refractivity contribution in [2.24, 2.45) is 0 Å². The third kappa shape index (κ3) is 3.72. The Balaban J connectivity index is 1.54. The summed E-state index contributed by atoms with van der Waals surface area (Å²) in [6, 6.07) is 11.7. The van der Waals surface area contributed by atoms with Crippen LogP contribution in [0.15, 0.2) is 54.9 Å². The van der Waals surface area contributed by atoms with E-state index in [1.807, 2.05) is 25.1 Å². The molecule has 2 aromatic carbocycles. The van der Waals surface area contributed by atoms with Crippen molar-refractivity contribution >= 4 is 11.6 Å². The molecule has 1 aromatic heterocycles. The zero-order chi connectivity index (χ0) is 19.5. The smallest absolute Gasteiger partial charge is 0.256 e. The number of carbonyl (C=O) groups excluding carboxylic acids is 1. The Morgan fingerprint density at radius 3 is 2.54 bits per heavy atom. The first kappa shape index (κ1) is 18.1. The van der Waals surface area contributed by atoms with E-state index in [0.29, 0.717) is 37.5 Å². The molecule has 0 aliphatic carbocycles. The van der Waals surface area contributed by atoms with Gasteiger partial charge < -0.3 is 4.90 Å². The number of aromatic nitrogens is 3. The number of halogens is 1. The molecule has 0 spiro atoms. The maximum absolute atomic E-state index is 13.2. The summed E-state index contributed by atoms with van der Waals surface area (Å²) in [5.41, 5.74) is 2.93. The summed E-state index contributed by atoms with van der Waals surface area (Å²) in [6.45, 7) is 3.72. The summed E-state index contributed by atoms with van der Waals surface area (Å²) >= 11 is 0. The highest BCUT2D eigenvalue weighted by Gasteiger charge is 2.24.